The number of thioether (sulfide) groups is 1. The van der Waals surface area contributed by atoms with Crippen LogP contribution in [0, 0.1) is 0 Å². The fourth-order valence-corrected chi connectivity index (χ4v) is 3.63. The highest BCUT2D eigenvalue weighted by Crippen LogP contribution is 2.32. The molecule has 1 amide bonds. The third kappa shape index (κ3) is 4.90. The van der Waals surface area contributed by atoms with Gasteiger partial charge in [-0.3, -0.25) is 14.4 Å². The minimum Gasteiger partial charge on any atom is -0.457 e. The first-order valence-electron chi connectivity index (χ1n) is 8.46. The lowest BCUT2D eigenvalue weighted by Crippen LogP contribution is -2.14. The van der Waals surface area contributed by atoms with Gasteiger partial charge in [0.1, 0.15) is 0 Å². The van der Waals surface area contributed by atoms with Gasteiger partial charge >= 0.3 is 5.97 Å². The highest BCUT2D eigenvalue weighted by atomic mass is 35.5. The zero-order valence-corrected chi connectivity index (χ0v) is 16.2. The Hall–Kier alpha value is -2.31. The first-order chi connectivity index (χ1) is 12.9. The van der Waals surface area contributed by atoms with Crippen molar-refractivity contribution in [3.63, 3.8) is 0 Å². The third-order valence-electron chi connectivity index (χ3n) is 4.24. The maximum absolute atomic E-state index is 12.3. The molecule has 0 bridgehead atoms. The normalized spacial score (nSPS) is 15.2. The van der Waals surface area contributed by atoms with E-state index in [1.807, 2.05) is 12.1 Å². The molecule has 1 aliphatic rings. The standard InChI is InChI=1S/C20H18ClNO4S/c1-12-16-10-13(2-7-17(16)22-20(12)25)18(23)11-26-19(24)8-9-27-15-5-3-14(21)4-6-15/h2-7,10,12H,8-9,11H2,1H3,(H,22,25)/t12-/m0/s1. The lowest BCUT2D eigenvalue weighted by Gasteiger charge is -2.07. The summed E-state index contributed by atoms with van der Waals surface area (Å²) >= 11 is 7.35. The average Bonchev–Trinajstić information content (AvgIpc) is 2.95. The van der Waals surface area contributed by atoms with E-state index >= 15 is 0 Å². The molecule has 1 N–H and O–H groups in total. The zero-order valence-electron chi connectivity index (χ0n) is 14.7. The molecule has 0 aromatic heterocycles. The van der Waals surface area contributed by atoms with Crippen LogP contribution < -0.4 is 5.32 Å². The molecular formula is C20H18ClNO4S. The van der Waals surface area contributed by atoms with Crippen molar-refractivity contribution in [3.05, 3.63) is 58.6 Å². The van der Waals surface area contributed by atoms with E-state index in [4.69, 9.17) is 16.3 Å². The summed E-state index contributed by atoms with van der Waals surface area (Å²) in [6.45, 7) is 1.48. The number of esters is 1. The van der Waals surface area contributed by atoms with Gasteiger partial charge in [-0.15, -0.1) is 11.8 Å². The van der Waals surface area contributed by atoms with E-state index in [1.54, 1.807) is 37.3 Å². The SMILES string of the molecule is C[C@@H]1C(=O)Nc2ccc(C(=O)COC(=O)CCSc3ccc(Cl)cc3)cc21. The van der Waals surface area contributed by atoms with Crippen LogP contribution in [-0.4, -0.2) is 30.0 Å². The Morgan fingerprint density at radius 2 is 1.93 bits per heavy atom. The largest absolute Gasteiger partial charge is 0.457 e. The van der Waals surface area contributed by atoms with E-state index in [-0.39, 0.29) is 30.6 Å². The van der Waals surface area contributed by atoms with E-state index in [0.717, 1.165) is 16.1 Å². The summed E-state index contributed by atoms with van der Waals surface area (Å²) in [6, 6.07) is 12.4. The first kappa shape index (κ1) is 19.5. The van der Waals surface area contributed by atoms with Gasteiger partial charge in [-0.1, -0.05) is 11.6 Å². The minimum absolute atomic E-state index is 0.0841. The number of fused-ring (bicyclic) bond motifs is 1. The fourth-order valence-electron chi connectivity index (χ4n) is 2.68. The van der Waals surface area contributed by atoms with Gasteiger partial charge in [-0.2, -0.15) is 0 Å². The molecule has 140 valence electrons. The molecule has 2 aromatic rings. The molecule has 0 spiro atoms. The summed E-state index contributed by atoms with van der Waals surface area (Å²) in [6.07, 6.45) is 0.209. The Morgan fingerprint density at radius 3 is 2.67 bits per heavy atom. The van der Waals surface area contributed by atoms with Crippen molar-refractivity contribution in [1.82, 2.24) is 0 Å². The minimum atomic E-state index is -0.420. The molecular weight excluding hydrogens is 386 g/mol. The lowest BCUT2D eigenvalue weighted by molar-refractivity contribution is -0.142. The summed E-state index contributed by atoms with van der Waals surface area (Å²) in [5.74, 6) is -0.530. The number of nitrogens with one attached hydrogen (secondary N) is 1. The molecule has 1 heterocycles. The maximum atomic E-state index is 12.3. The van der Waals surface area contributed by atoms with Gasteiger partial charge in [0, 0.05) is 26.9 Å². The van der Waals surface area contributed by atoms with Crippen LogP contribution in [0.4, 0.5) is 5.69 Å². The third-order valence-corrected chi connectivity index (χ3v) is 5.51. The monoisotopic (exact) mass is 403 g/mol. The van der Waals surface area contributed by atoms with Gasteiger partial charge < -0.3 is 10.1 Å². The van der Waals surface area contributed by atoms with Crippen molar-refractivity contribution < 1.29 is 19.1 Å². The number of carbonyl (C=O) groups is 3. The molecule has 0 unspecified atom stereocenters. The number of Topliss-reactive ketones (excluding diaryl/α,β-unsaturated/α-hetero) is 1. The Bertz CT molecular complexity index is 882. The number of halogens is 1. The molecule has 1 atom stereocenters. The highest BCUT2D eigenvalue weighted by Gasteiger charge is 2.27. The van der Waals surface area contributed by atoms with Crippen LogP contribution in [0.2, 0.25) is 5.02 Å². The molecule has 0 radical (unpaired) electrons. The van der Waals surface area contributed by atoms with Gasteiger partial charge in [0.15, 0.2) is 12.4 Å². The van der Waals surface area contributed by atoms with Crippen LogP contribution >= 0.6 is 23.4 Å². The average molecular weight is 404 g/mol. The van der Waals surface area contributed by atoms with Crippen molar-refractivity contribution in [1.29, 1.82) is 0 Å². The summed E-state index contributed by atoms with van der Waals surface area (Å²) in [5.41, 5.74) is 1.94. The van der Waals surface area contributed by atoms with E-state index < -0.39 is 5.97 Å². The molecule has 0 saturated carbocycles. The van der Waals surface area contributed by atoms with E-state index in [2.05, 4.69) is 5.32 Å². The lowest BCUT2D eigenvalue weighted by atomic mass is 9.99. The van der Waals surface area contributed by atoms with E-state index in [1.165, 1.54) is 11.8 Å². The Labute approximate surface area is 166 Å². The summed E-state index contributed by atoms with van der Waals surface area (Å²) < 4.78 is 5.08. The number of rotatable bonds is 7. The molecule has 5 nitrogen and oxygen atoms in total. The molecule has 0 fully saturated rings. The van der Waals surface area contributed by atoms with Crippen molar-refractivity contribution in [2.24, 2.45) is 0 Å². The molecule has 7 heteroatoms. The topological polar surface area (TPSA) is 72.5 Å². The van der Waals surface area contributed by atoms with Crippen molar-refractivity contribution in [2.75, 3.05) is 17.7 Å². The van der Waals surface area contributed by atoms with E-state index in [9.17, 15) is 14.4 Å². The van der Waals surface area contributed by atoms with Crippen LogP contribution in [0.1, 0.15) is 35.2 Å². The van der Waals surface area contributed by atoms with Crippen LogP contribution in [-0.2, 0) is 14.3 Å². The summed E-state index contributed by atoms with van der Waals surface area (Å²) in [5, 5.41) is 3.42. The van der Waals surface area contributed by atoms with Crippen molar-refractivity contribution in [2.45, 2.75) is 24.2 Å². The number of benzene rings is 2. The number of amides is 1. The number of anilines is 1. The number of ether oxygens (including phenoxy) is 1. The zero-order chi connectivity index (χ0) is 19.4. The van der Waals surface area contributed by atoms with Gasteiger partial charge in [0.05, 0.1) is 12.3 Å². The van der Waals surface area contributed by atoms with Gasteiger partial charge in [-0.05, 0) is 55.0 Å². The number of hydrogen-bond donors (Lipinski definition) is 1. The summed E-state index contributed by atoms with van der Waals surface area (Å²) in [7, 11) is 0. The predicted molar refractivity (Wildman–Crippen MR) is 106 cm³/mol. The maximum Gasteiger partial charge on any atom is 0.307 e. The van der Waals surface area contributed by atoms with Gasteiger partial charge in [-0.25, -0.2) is 0 Å². The molecule has 1 aliphatic heterocycles. The summed E-state index contributed by atoms with van der Waals surface area (Å²) in [4.78, 5) is 36.8. The Kier molecular flexibility index (Phi) is 6.19. The second kappa shape index (κ2) is 8.59. The number of ketones is 1. The first-order valence-corrected chi connectivity index (χ1v) is 9.82. The van der Waals surface area contributed by atoms with Gasteiger partial charge in [0.25, 0.3) is 0 Å². The number of carbonyl (C=O) groups excluding carboxylic acids is 3. The van der Waals surface area contributed by atoms with E-state index in [0.29, 0.717) is 16.3 Å². The number of hydrogen-bond acceptors (Lipinski definition) is 5. The van der Waals surface area contributed by atoms with Crippen LogP contribution in [0.25, 0.3) is 0 Å². The van der Waals surface area contributed by atoms with Gasteiger partial charge in [0.2, 0.25) is 5.91 Å². The molecule has 0 aliphatic carbocycles. The van der Waals surface area contributed by atoms with Crippen LogP contribution in [0.15, 0.2) is 47.4 Å². The Balaban J connectivity index is 1.45. The molecule has 2 aromatic carbocycles. The second-order valence-corrected chi connectivity index (χ2v) is 7.75. The molecule has 27 heavy (non-hydrogen) atoms. The fraction of sp³-hybridized carbons (Fsp3) is 0.250. The quantitative estimate of drug-likeness (QED) is 0.424. The van der Waals surface area contributed by atoms with Crippen molar-refractivity contribution in [3.8, 4) is 0 Å². The second-order valence-electron chi connectivity index (χ2n) is 6.15. The Morgan fingerprint density at radius 1 is 1.19 bits per heavy atom. The smallest absolute Gasteiger partial charge is 0.307 e. The highest BCUT2D eigenvalue weighted by molar-refractivity contribution is 7.99. The van der Waals surface area contributed by atoms with Crippen molar-refractivity contribution >= 4 is 46.7 Å². The van der Waals surface area contributed by atoms with Crippen LogP contribution in [0.3, 0.4) is 0 Å². The molecule has 3 rings (SSSR count). The predicted octanol–water partition coefficient (Wildman–Crippen LogP) is 4.30. The molecule has 0 saturated heterocycles. The van der Waals surface area contributed by atoms with Crippen LogP contribution in [0.5, 0.6) is 0 Å².